The highest BCUT2D eigenvalue weighted by atomic mass is 16.4. The van der Waals surface area contributed by atoms with Crippen LogP contribution in [-0.2, 0) is 27.2 Å². The second kappa shape index (κ2) is 20.4. The van der Waals surface area contributed by atoms with Crippen molar-refractivity contribution in [3.63, 3.8) is 0 Å². The van der Waals surface area contributed by atoms with E-state index in [2.05, 4.69) is 57.0 Å². The highest BCUT2D eigenvalue weighted by molar-refractivity contribution is 5.86. The quantitative estimate of drug-likeness (QED) is 0.0399. The van der Waals surface area contributed by atoms with Gasteiger partial charge in [0.1, 0.15) is 30.6 Å². The summed E-state index contributed by atoms with van der Waals surface area (Å²) in [7, 11) is 0. The monoisotopic (exact) mass is 812 g/mol. The molecule has 11 atom stereocenters. The van der Waals surface area contributed by atoms with Gasteiger partial charge in [-0.05, 0) is 127 Å². The summed E-state index contributed by atoms with van der Waals surface area (Å²) in [6.45, 7) is -0.616. The van der Waals surface area contributed by atoms with Crippen molar-refractivity contribution in [1.29, 1.82) is 0 Å². The Balaban J connectivity index is 1.37. The molecule has 6 rings (SSSR count). The van der Waals surface area contributed by atoms with E-state index in [0.717, 1.165) is 48.2 Å². The Morgan fingerprint density at radius 3 is 2.58 bits per heavy atom. The number of aliphatic imine (C=N–C) groups is 1. The summed E-state index contributed by atoms with van der Waals surface area (Å²) in [6, 6.07) is 12.1. The summed E-state index contributed by atoms with van der Waals surface area (Å²) >= 11 is 0. The third-order valence-corrected chi connectivity index (χ3v) is 12.7. The second-order valence-electron chi connectivity index (χ2n) is 16.6. The number of carbonyl (C=O) groups is 3. The van der Waals surface area contributed by atoms with E-state index >= 15 is 0 Å². The largest absolute Gasteiger partial charge is 0.478 e. The highest BCUT2D eigenvalue weighted by Crippen LogP contribution is 2.52. The van der Waals surface area contributed by atoms with E-state index in [0.29, 0.717) is 49.9 Å². The predicted molar refractivity (Wildman–Crippen MR) is 227 cm³/mol. The molecule has 14 heteroatoms. The van der Waals surface area contributed by atoms with Crippen molar-refractivity contribution in [2.75, 3.05) is 18.5 Å². The minimum Gasteiger partial charge on any atom is -0.478 e. The van der Waals surface area contributed by atoms with Crippen molar-refractivity contribution in [2.24, 2.45) is 40.1 Å². The molecule has 2 bridgehead atoms. The van der Waals surface area contributed by atoms with Crippen molar-refractivity contribution in [3.05, 3.63) is 89.2 Å². The maximum Gasteiger partial charge on any atom is 0.328 e. The van der Waals surface area contributed by atoms with E-state index in [9.17, 15) is 39.9 Å². The molecule has 2 aromatic carbocycles. The molecule has 1 aliphatic heterocycles. The minimum atomic E-state index is -1.44. The molecule has 11 unspecified atom stereocenters. The van der Waals surface area contributed by atoms with E-state index in [-0.39, 0.29) is 54.6 Å². The van der Waals surface area contributed by atoms with Crippen molar-refractivity contribution < 1.29 is 39.9 Å². The number of carboxylic acid groups (broad SMARTS) is 1. The molecule has 12 N–H and O–H groups in total. The number of aliphatic carboxylic acids is 1. The van der Waals surface area contributed by atoms with Crippen LogP contribution in [0.3, 0.4) is 0 Å². The van der Waals surface area contributed by atoms with Crippen LogP contribution in [0.15, 0.2) is 77.5 Å². The van der Waals surface area contributed by atoms with Crippen LogP contribution in [0.25, 0.3) is 10.8 Å². The summed E-state index contributed by atoms with van der Waals surface area (Å²) < 4.78 is 0. The number of allylic oxidation sites excluding steroid dienone is 2. The molecule has 318 valence electrons. The Labute approximate surface area is 344 Å². The number of hydrogen-bond acceptors (Lipinski definition) is 12. The summed E-state index contributed by atoms with van der Waals surface area (Å²) in [5.41, 5.74) is 16.9. The van der Waals surface area contributed by atoms with Crippen molar-refractivity contribution in [1.82, 2.24) is 10.3 Å². The zero-order chi connectivity index (χ0) is 42.1. The molecule has 0 amide bonds. The first-order valence-corrected chi connectivity index (χ1v) is 20.9. The lowest BCUT2D eigenvalue weighted by molar-refractivity contribution is -0.131. The SMILES string of the molecule is NC1=NC(C(=CC(=O)O)C(CC2C3C=CC(CCC(N)CCC(C=O)CCCO)C2c2cc4cc(CC=O)ccc4cc2C3)Nc2ccc[nH]2)CC(C(O)C(O)CO)N1. The fraction of sp³-hybridized carbons (Fsp3) is 0.511. The van der Waals surface area contributed by atoms with Gasteiger partial charge in [-0.3, -0.25) is 0 Å². The average molecular weight is 813 g/mol. The number of guanidine groups is 1. The van der Waals surface area contributed by atoms with Crippen LogP contribution < -0.4 is 22.1 Å². The fourth-order valence-corrected chi connectivity index (χ4v) is 9.69. The van der Waals surface area contributed by atoms with Gasteiger partial charge in [0, 0.05) is 37.3 Å². The number of aromatic amines is 1. The number of aliphatic hydroxyl groups excluding tert-OH is 4. The highest BCUT2D eigenvalue weighted by Gasteiger charge is 2.44. The lowest BCUT2D eigenvalue weighted by Crippen LogP contribution is -2.56. The Kier molecular flexibility index (Phi) is 15.1. The van der Waals surface area contributed by atoms with Crippen LogP contribution >= 0.6 is 0 Å². The fourth-order valence-electron chi connectivity index (χ4n) is 9.69. The number of hydrogen-bond donors (Lipinski definition) is 10. The van der Waals surface area contributed by atoms with Gasteiger partial charge in [-0.15, -0.1) is 0 Å². The molecular formula is C45H60N6O8. The van der Waals surface area contributed by atoms with Crippen LogP contribution in [0.5, 0.6) is 0 Å². The number of carboxylic acids is 1. The Morgan fingerprint density at radius 1 is 1.03 bits per heavy atom. The molecule has 3 aliphatic rings. The number of aldehydes is 2. The van der Waals surface area contributed by atoms with E-state index in [1.807, 2.05) is 18.2 Å². The molecule has 0 saturated heterocycles. The van der Waals surface area contributed by atoms with E-state index in [4.69, 9.17) is 11.5 Å². The number of aromatic nitrogens is 1. The number of nitrogens with zero attached hydrogens (tertiary/aromatic N) is 1. The van der Waals surface area contributed by atoms with Crippen molar-refractivity contribution in [3.8, 4) is 0 Å². The first-order valence-electron chi connectivity index (χ1n) is 20.9. The third kappa shape index (κ3) is 10.9. The van der Waals surface area contributed by atoms with Gasteiger partial charge in [-0.25, -0.2) is 9.79 Å². The van der Waals surface area contributed by atoms with Gasteiger partial charge in [0.15, 0.2) is 5.96 Å². The molecule has 14 nitrogen and oxygen atoms in total. The molecule has 3 aromatic rings. The Morgan fingerprint density at radius 2 is 1.86 bits per heavy atom. The summed E-state index contributed by atoms with van der Waals surface area (Å²) in [4.78, 5) is 43.6. The van der Waals surface area contributed by atoms with E-state index in [1.165, 1.54) is 17.2 Å². The number of H-pyrrole nitrogens is 1. The molecule has 0 saturated carbocycles. The van der Waals surface area contributed by atoms with Gasteiger partial charge >= 0.3 is 5.97 Å². The summed E-state index contributed by atoms with van der Waals surface area (Å²) in [5.74, 6) is -0.338. The van der Waals surface area contributed by atoms with Crippen LogP contribution in [0.4, 0.5) is 5.82 Å². The molecular weight excluding hydrogens is 753 g/mol. The van der Waals surface area contributed by atoms with Crippen LogP contribution in [0.1, 0.15) is 74.0 Å². The Hall–Kier alpha value is -4.86. The standard InChI is InChI=1S/C45H60N6O8/c46-33(11-6-27(24-54)3-2-15-52)12-10-28-8-9-30-19-32-18-29-7-5-26(13-16-53)17-31(29)20-34(32)43(28)35(30)21-37(49-41-4-1-14-48-41)36(22-42(57)58)38-23-39(51-45(47)50-38)44(59)40(56)25-55/h1,4-5,7-9,14,16-18,20,22,24,27-28,30,33,35,37-40,43-44,48-49,52,55-56,59H,2-3,6,10-13,15,19,21,23,25,46H2,(H,57,58)(H3,47,50,51). The van der Waals surface area contributed by atoms with E-state index in [1.54, 1.807) is 6.20 Å². The molecule has 0 spiro atoms. The average Bonchev–Trinajstić information content (AvgIpc) is 3.74. The van der Waals surface area contributed by atoms with Gasteiger partial charge < -0.3 is 62.2 Å². The van der Waals surface area contributed by atoms with Gasteiger partial charge in [-0.2, -0.15) is 0 Å². The number of nitrogens with two attached hydrogens (primary N) is 2. The van der Waals surface area contributed by atoms with Crippen LogP contribution in [0.2, 0.25) is 0 Å². The van der Waals surface area contributed by atoms with Crippen molar-refractivity contribution >= 4 is 41.1 Å². The normalized spacial score (nSPS) is 25.2. The maximum absolute atomic E-state index is 12.6. The molecule has 0 radical (unpaired) electrons. The predicted octanol–water partition coefficient (Wildman–Crippen LogP) is 3.08. The minimum absolute atomic E-state index is 0.0122. The van der Waals surface area contributed by atoms with E-state index < -0.39 is 42.9 Å². The molecule has 1 aromatic heterocycles. The Bertz CT molecular complexity index is 1980. The zero-order valence-corrected chi connectivity index (χ0v) is 33.4. The number of carbonyl (C=O) groups excluding carboxylic acids is 2. The maximum atomic E-state index is 12.6. The van der Waals surface area contributed by atoms with Gasteiger partial charge in [-0.1, -0.05) is 42.5 Å². The van der Waals surface area contributed by atoms with Gasteiger partial charge in [0.25, 0.3) is 0 Å². The molecule has 2 heterocycles. The van der Waals surface area contributed by atoms with Crippen LogP contribution in [0, 0.1) is 23.7 Å². The smallest absolute Gasteiger partial charge is 0.328 e. The number of fused-ring (bicyclic) bond motifs is 5. The first-order chi connectivity index (χ1) is 28.5. The lowest BCUT2D eigenvalue weighted by atomic mass is 9.58. The second-order valence-corrected chi connectivity index (χ2v) is 16.6. The number of aliphatic hydroxyl groups is 4. The number of rotatable bonds is 22. The zero-order valence-electron chi connectivity index (χ0n) is 33.4. The third-order valence-electron chi connectivity index (χ3n) is 12.7. The van der Waals surface area contributed by atoms with Crippen molar-refractivity contribution in [2.45, 2.75) is 107 Å². The number of nitrogens with one attached hydrogen (secondary N) is 3. The molecule has 0 fully saturated rings. The summed E-state index contributed by atoms with van der Waals surface area (Å²) in [6.07, 6.45) is 12.5. The molecule has 2 aliphatic carbocycles. The first kappa shape index (κ1) is 43.7. The summed E-state index contributed by atoms with van der Waals surface area (Å²) in [5, 5.41) is 59.0. The lowest BCUT2D eigenvalue weighted by Gasteiger charge is -2.47. The van der Waals surface area contributed by atoms with Gasteiger partial charge in [0.2, 0.25) is 0 Å². The molecule has 59 heavy (non-hydrogen) atoms. The topological polar surface area (TPSA) is 257 Å². The van der Waals surface area contributed by atoms with Crippen LogP contribution in [-0.4, -0.2) is 105 Å². The number of anilines is 1. The number of benzene rings is 2. The van der Waals surface area contributed by atoms with Gasteiger partial charge in [0.05, 0.1) is 24.7 Å².